The number of amides is 1. The summed E-state index contributed by atoms with van der Waals surface area (Å²) in [6.07, 6.45) is 0.781. The Morgan fingerprint density at radius 3 is 2.12 bits per heavy atom. The number of carbonyl (C=O) groups excluding carboxylic acids is 1. The van der Waals surface area contributed by atoms with Gasteiger partial charge in [-0.2, -0.15) is 5.10 Å². The molecule has 4 nitrogen and oxygen atoms in total. The van der Waals surface area contributed by atoms with Crippen LogP contribution in [0.25, 0.3) is 0 Å². The Hall–Kier alpha value is -3.40. The van der Waals surface area contributed by atoms with E-state index in [4.69, 9.17) is 4.74 Å². The molecule has 1 atom stereocenters. The third kappa shape index (κ3) is 4.31. The molecule has 1 aliphatic carbocycles. The van der Waals surface area contributed by atoms with Crippen molar-refractivity contribution in [1.29, 1.82) is 0 Å². The van der Waals surface area contributed by atoms with Crippen LogP contribution in [0.2, 0.25) is 0 Å². The first-order valence-electron chi connectivity index (χ1n) is 11.2. The van der Waals surface area contributed by atoms with Crippen molar-refractivity contribution in [3.8, 4) is 5.75 Å². The zero-order valence-electron chi connectivity index (χ0n) is 19.2. The molecule has 1 amide bonds. The number of nitrogens with one attached hydrogen (secondary N) is 1. The predicted molar refractivity (Wildman–Crippen MR) is 129 cm³/mol. The number of rotatable bonds is 7. The lowest BCUT2D eigenvalue weighted by atomic mass is 9.84. The lowest BCUT2D eigenvalue weighted by Crippen LogP contribution is -2.26. The second-order valence-electron chi connectivity index (χ2n) is 8.60. The maximum absolute atomic E-state index is 13.2. The Bertz CT molecular complexity index is 1100. The normalized spacial score (nSPS) is 17.0. The third-order valence-electron chi connectivity index (χ3n) is 6.26. The average Bonchev–Trinajstić information content (AvgIpc) is 3.55. The Balaban J connectivity index is 1.56. The maximum Gasteiger partial charge on any atom is 0.244 e. The Labute approximate surface area is 190 Å². The highest BCUT2D eigenvalue weighted by molar-refractivity contribution is 5.99. The van der Waals surface area contributed by atoms with Crippen LogP contribution in [0, 0.1) is 19.8 Å². The van der Waals surface area contributed by atoms with Crippen LogP contribution in [0.3, 0.4) is 0 Å². The van der Waals surface area contributed by atoms with Gasteiger partial charge in [0, 0.05) is 5.41 Å². The summed E-state index contributed by atoms with van der Waals surface area (Å²) >= 11 is 0. The summed E-state index contributed by atoms with van der Waals surface area (Å²) in [7, 11) is 0. The molecule has 1 unspecified atom stereocenters. The summed E-state index contributed by atoms with van der Waals surface area (Å²) in [6, 6.07) is 24.7. The van der Waals surface area contributed by atoms with Crippen LogP contribution in [-0.4, -0.2) is 18.2 Å². The van der Waals surface area contributed by atoms with Gasteiger partial charge in [0.05, 0.1) is 18.2 Å². The van der Waals surface area contributed by atoms with Crippen LogP contribution in [0.1, 0.15) is 48.1 Å². The molecule has 164 valence electrons. The number of nitrogens with zero attached hydrogens (tertiary/aromatic N) is 1. The Kier molecular flexibility index (Phi) is 6.13. The molecule has 0 radical (unpaired) electrons. The summed E-state index contributed by atoms with van der Waals surface area (Å²) in [4.78, 5) is 13.2. The van der Waals surface area contributed by atoms with Gasteiger partial charge in [-0.05, 0) is 75.1 Å². The minimum atomic E-state index is -0.301. The van der Waals surface area contributed by atoms with E-state index in [-0.39, 0.29) is 17.2 Å². The van der Waals surface area contributed by atoms with Gasteiger partial charge >= 0.3 is 0 Å². The topological polar surface area (TPSA) is 50.7 Å². The summed E-state index contributed by atoms with van der Waals surface area (Å²) < 4.78 is 5.49. The number of ether oxygens (including phenoxy) is 1. The molecule has 4 heteroatoms. The number of hydrogen-bond acceptors (Lipinski definition) is 3. The van der Waals surface area contributed by atoms with Crippen molar-refractivity contribution >= 4 is 11.6 Å². The van der Waals surface area contributed by atoms with Crippen LogP contribution in [0.5, 0.6) is 5.75 Å². The number of hydrogen-bond donors (Lipinski definition) is 1. The fourth-order valence-corrected chi connectivity index (χ4v) is 4.47. The van der Waals surface area contributed by atoms with E-state index in [9.17, 15) is 4.79 Å². The van der Waals surface area contributed by atoms with E-state index < -0.39 is 0 Å². The van der Waals surface area contributed by atoms with Crippen LogP contribution in [-0.2, 0) is 10.2 Å². The molecule has 3 aromatic rings. The molecular formula is C28H30N2O2. The van der Waals surface area contributed by atoms with Crippen LogP contribution < -0.4 is 10.2 Å². The van der Waals surface area contributed by atoms with Gasteiger partial charge in [-0.25, -0.2) is 5.43 Å². The second-order valence-corrected chi connectivity index (χ2v) is 8.60. The van der Waals surface area contributed by atoms with E-state index >= 15 is 0 Å². The molecule has 0 bridgehead atoms. The monoisotopic (exact) mass is 426 g/mol. The fourth-order valence-electron chi connectivity index (χ4n) is 4.47. The largest absolute Gasteiger partial charge is 0.494 e. The van der Waals surface area contributed by atoms with E-state index in [0.717, 1.165) is 23.4 Å². The minimum Gasteiger partial charge on any atom is -0.494 e. The van der Waals surface area contributed by atoms with Gasteiger partial charge in [0.1, 0.15) is 5.75 Å². The van der Waals surface area contributed by atoms with E-state index in [2.05, 4.69) is 72.9 Å². The standard InChI is InChI=1S/C28H30N2O2/c1-5-32-25-14-12-22(13-15-25)21(4)29-30-27(31)26-18-28(26,23-10-6-8-19(2)16-23)24-11-7-9-20(3)17-24/h6-17,26H,5,18H2,1-4H3,(H,30,31). The van der Waals surface area contributed by atoms with Crippen molar-refractivity contribution in [2.45, 2.75) is 39.5 Å². The van der Waals surface area contributed by atoms with E-state index in [1.54, 1.807) is 0 Å². The third-order valence-corrected chi connectivity index (χ3v) is 6.26. The van der Waals surface area contributed by atoms with Crippen LogP contribution in [0.4, 0.5) is 0 Å². The van der Waals surface area contributed by atoms with E-state index in [0.29, 0.717) is 6.61 Å². The van der Waals surface area contributed by atoms with Gasteiger partial charge in [0.2, 0.25) is 5.91 Å². The first kappa shape index (κ1) is 21.8. The second kappa shape index (κ2) is 8.99. The highest BCUT2D eigenvalue weighted by Crippen LogP contribution is 2.59. The van der Waals surface area contributed by atoms with Gasteiger partial charge in [-0.15, -0.1) is 0 Å². The number of aryl methyl sites for hydroxylation is 2. The zero-order chi connectivity index (χ0) is 22.7. The quantitative estimate of drug-likeness (QED) is 0.398. The molecule has 1 fully saturated rings. The zero-order valence-corrected chi connectivity index (χ0v) is 19.2. The Morgan fingerprint density at radius 2 is 1.59 bits per heavy atom. The average molecular weight is 427 g/mol. The molecule has 32 heavy (non-hydrogen) atoms. The lowest BCUT2D eigenvalue weighted by molar-refractivity contribution is -0.122. The van der Waals surface area contributed by atoms with Gasteiger partial charge in [0.15, 0.2) is 0 Å². The van der Waals surface area contributed by atoms with Crippen molar-refractivity contribution in [2.24, 2.45) is 11.0 Å². The van der Waals surface area contributed by atoms with Crippen molar-refractivity contribution in [3.05, 3.63) is 101 Å². The summed E-state index contributed by atoms with van der Waals surface area (Å²) in [5, 5.41) is 4.40. The van der Waals surface area contributed by atoms with Crippen molar-refractivity contribution in [2.75, 3.05) is 6.61 Å². The Morgan fingerprint density at radius 1 is 1.00 bits per heavy atom. The smallest absolute Gasteiger partial charge is 0.244 e. The SMILES string of the molecule is CCOc1ccc(C(C)=NNC(=O)C2CC2(c2cccc(C)c2)c2cccc(C)c2)cc1. The fraction of sp³-hybridized carbons (Fsp3) is 0.286. The molecule has 0 saturated heterocycles. The number of benzene rings is 3. The molecule has 1 saturated carbocycles. The van der Waals surface area contributed by atoms with E-state index in [1.807, 2.05) is 38.1 Å². The molecule has 0 heterocycles. The molecule has 3 aromatic carbocycles. The van der Waals surface area contributed by atoms with Crippen molar-refractivity contribution in [1.82, 2.24) is 5.43 Å². The minimum absolute atomic E-state index is 0.0432. The highest BCUT2D eigenvalue weighted by atomic mass is 16.5. The predicted octanol–water partition coefficient (Wildman–Crippen LogP) is 5.55. The van der Waals surface area contributed by atoms with Gasteiger partial charge < -0.3 is 4.74 Å². The maximum atomic E-state index is 13.2. The van der Waals surface area contributed by atoms with Crippen molar-refractivity contribution < 1.29 is 9.53 Å². The van der Waals surface area contributed by atoms with E-state index in [1.165, 1.54) is 22.3 Å². The lowest BCUT2D eigenvalue weighted by Gasteiger charge is -2.20. The summed E-state index contributed by atoms with van der Waals surface area (Å²) in [5.41, 5.74) is 9.02. The van der Waals surface area contributed by atoms with Crippen molar-refractivity contribution in [3.63, 3.8) is 0 Å². The molecular weight excluding hydrogens is 396 g/mol. The van der Waals surface area contributed by atoms with Gasteiger partial charge in [0.25, 0.3) is 0 Å². The first-order valence-corrected chi connectivity index (χ1v) is 11.2. The van der Waals surface area contributed by atoms with Gasteiger partial charge in [-0.3, -0.25) is 4.79 Å². The molecule has 1 aliphatic rings. The number of carbonyl (C=O) groups is 1. The van der Waals surface area contributed by atoms with Crippen LogP contribution >= 0.6 is 0 Å². The molecule has 1 N–H and O–H groups in total. The molecule has 0 aliphatic heterocycles. The number of hydrazone groups is 1. The molecule has 0 aromatic heterocycles. The first-order chi connectivity index (χ1) is 15.4. The summed E-state index contributed by atoms with van der Waals surface area (Å²) in [6.45, 7) is 8.68. The molecule has 4 rings (SSSR count). The van der Waals surface area contributed by atoms with Gasteiger partial charge in [-0.1, -0.05) is 59.7 Å². The van der Waals surface area contributed by atoms with Crippen LogP contribution in [0.15, 0.2) is 77.9 Å². The molecule has 0 spiro atoms. The highest BCUT2D eigenvalue weighted by Gasteiger charge is 2.60. The summed E-state index contributed by atoms with van der Waals surface area (Å²) in [5.74, 6) is 0.633.